The van der Waals surface area contributed by atoms with Gasteiger partial charge in [-0.2, -0.15) is 0 Å². The van der Waals surface area contributed by atoms with Gasteiger partial charge >= 0.3 is 0 Å². The first-order valence-electron chi connectivity index (χ1n) is 6.67. The minimum absolute atomic E-state index is 0.244. The first-order valence-corrected chi connectivity index (χ1v) is 7.05. The van der Waals surface area contributed by atoms with Crippen LogP contribution in [0.5, 0.6) is 0 Å². The van der Waals surface area contributed by atoms with E-state index in [0.29, 0.717) is 10.6 Å². The summed E-state index contributed by atoms with van der Waals surface area (Å²) in [5.74, 6) is 0. The van der Waals surface area contributed by atoms with Crippen LogP contribution in [0.15, 0.2) is 48.5 Å². The summed E-state index contributed by atoms with van der Waals surface area (Å²) in [5, 5.41) is 0.610. The lowest BCUT2D eigenvalue weighted by atomic mass is 10.1. The molecule has 0 aliphatic heterocycles. The molecule has 0 saturated carbocycles. The molecule has 2 rings (SSSR count). The molecule has 0 N–H and O–H groups in total. The van der Waals surface area contributed by atoms with Crippen molar-refractivity contribution < 1.29 is 4.79 Å². The second-order valence-corrected chi connectivity index (χ2v) is 5.41. The van der Waals surface area contributed by atoms with Crippen LogP contribution in [-0.4, -0.2) is 12.3 Å². The number of hydrogen-bond donors (Lipinski definition) is 0. The highest BCUT2D eigenvalue weighted by Crippen LogP contribution is 2.31. The lowest BCUT2D eigenvalue weighted by Gasteiger charge is -2.31. The zero-order valence-electron chi connectivity index (χ0n) is 11.7. The van der Waals surface area contributed by atoms with Crippen LogP contribution in [0.25, 0.3) is 0 Å². The van der Waals surface area contributed by atoms with Gasteiger partial charge in [-0.15, -0.1) is 0 Å². The van der Waals surface area contributed by atoms with Crippen LogP contribution in [0.4, 0.5) is 5.69 Å². The van der Waals surface area contributed by atoms with Gasteiger partial charge in [-0.05, 0) is 31.5 Å². The summed E-state index contributed by atoms with van der Waals surface area (Å²) < 4.78 is 0. The van der Waals surface area contributed by atoms with Gasteiger partial charge in [0.2, 0.25) is 0 Å². The number of hydrogen-bond acceptors (Lipinski definition) is 2. The molecule has 0 fully saturated rings. The fraction of sp³-hybridized carbons (Fsp3) is 0.235. The molecule has 0 saturated heterocycles. The molecule has 0 unspecified atom stereocenters. The lowest BCUT2D eigenvalue weighted by molar-refractivity contribution is 0.112. The number of rotatable bonds is 5. The number of aldehydes is 1. The maximum absolute atomic E-state index is 11.3. The van der Waals surface area contributed by atoms with Gasteiger partial charge in [-0.3, -0.25) is 4.79 Å². The quantitative estimate of drug-likeness (QED) is 0.751. The second-order valence-electron chi connectivity index (χ2n) is 5.00. The molecule has 0 atom stereocenters. The highest BCUT2D eigenvalue weighted by molar-refractivity contribution is 6.33. The van der Waals surface area contributed by atoms with Gasteiger partial charge in [-0.25, -0.2) is 0 Å². The maximum Gasteiger partial charge on any atom is 0.152 e. The normalized spacial score (nSPS) is 10.6. The van der Waals surface area contributed by atoms with Crippen LogP contribution in [0, 0.1) is 0 Å². The second kappa shape index (κ2) is 6.58. The third kappa shape index (κ3) is 3.20. The highest BCUT2D eigenvalue weighted by Gasteiger charge is 2.17. The Hall–Kier alpha value is -1.80. The van der Waals surface area contributed by atoms with Crippen LogP contribution in [-0.2, 0) is 6.54 Å². The molecule has 104 valence electrons. The number of benzene rings is 2. The van der Waals surface area contributed by atoms with E-state index in [1.54, 1.807) is 12.1 Å². The third-order valence-corrected chi connectivity index (χ3v) is 3.56. The van der Waals surface area contributed by atoms with Gasteiger partial charge in [0, 0.05) is 18.2 Å². The van der Waals surface area contributed by atoms with E-state index in [2.05, 4.69) is 30.9 Å². The average molecular weight is 288 g/mol. The third-order valence-electron chi connectivity index (χ3n) is 3.25. The zero-order valence-corrected chi connectivity index (χ0v) is 12.5. The van der Waals surface area contributed by atoms with Gasteiger partial charge in [0.05, 0.1) is 10.7 Å². The Morgan fingerprint density at radius 1 is 1.10 bits per heavy atom. The summed E-state index contributed by atoms with van der Waals surface area (Å²) in [6, 6.07) is 15.8. The Morgan fingerprint density at radius 2 is 1.80 bits per heavy atom. The molecule has 0 spiro atoms. The van der Waals surface area contributed by atoms with Crippen molar-refractivity contribution in [2.24, 2.45) is 0 Å². The summed E-state index contributed by atoms with van der Waals surface area (Å²) in [4.78, 5) is 13.4. The maximum atomic E-state index is 11.3. The Labute approximate surface area is 125 Å². The fourth-order valence-corrected chi connectivity index (χ4v) is 2.52. The van der Waals surface area contributed by atoms with Gasteiger partial charge in [0.25, 0.3) is 0 Å². The SMILES string of the molecule is CC(C)N(Cc1ccccc1)c1c(Cl)cccc1C=O. The molecule has 0 amide bonds. The first-order chi connectivity index (χ1) is 9.63. The van der Waals surface area contributed by atoms with Crippen molar-refractivity contribution in [2.75, 3.05) is 4.90 Å². The fourth-order valence-electron chi connectivity index (χ4n) is 2.23. The van der Waals surface area contributed by atoms with E-state index in [0.717, 1.165) is 18.5 Å². The van der Waals surface area contributed by atoms with Gasteiger partial charge in [-0.1, -0.05) is 48.0 Å². The van der Waals surface area contributed by atoms with E-state index >= 15 is 0 Å². The molecule has 0 bridgehead atoms. The minimum Gasteiger partial charge on any atom is -0.363 e. The molecule has 0 aromatic heterocycles. The van der Waals surface area contributed by atoms with E-state index < -0.39 is 0 Å². The van der Waals surface area contributed by atoms with Crippen molar-refractivity contribution in [3.8, 4) is 0 Å². The predicted molar refractivity (Wildman–Crippen MR) is 84.6 cm³/mol. The number of nitrogens with zero attached hydrogens (tertiary/aromatic N) is 1. The minimum atomic E-state index is 0.244. The molecule has 2 aromatic carbocycles. The topological polar surface area (TPSA) is 20.3 Å². The molecule has 0 heterocycles. The van der Waals surface area contributed by atoms with Crippen molar-refractivity contribution in [1.82, 2.24) is 0 Å². The van der Waals surface area contributed by atoms with Crippen molar-refractivity contribution in [3.63, 3.8) is 0 Å². The lowest BCUT2D eigenvalue weighted by Crippen LogP contribution is -2.31. The van der Waals surface area contributed by atoms with E-state index in [1.165, 1.54) is 5.56 Å². The Balaban J connectivity index is 2.42. The van der Waals surface area contributed by atoms with Crippen molar-refractivity contribution >= 4 is 23.6 Å². The van der Waals surface area contributed by atoms with E-state index in [1.807, 2.05) is 24.3 Å². The van der Waals surface area contributed by atoms with Crippen LogP contribution in [0.1, 0.15) is 29.8 Å². The number of para-hydroxylation sites is 1. The van der Waals surface area contributed by atoms with E-state index in [4.69, 9.17) is 11.6 Å². The Kier molecular flexibility index (Phi) is 4.80. The van der Waals surface area contributed by atoms with Crippen LogP contribution in [0.3, 0.4) is 0 Å². The predicted octanol–water partition coefficient (Wildman–Crippen LogP) is 4.57. The molecule has 20 heavy (non-hydrogen) atoms. The summed E-state index contributed by atoms with van der Waals surface area (Å²) in [5.41, 5.74) is 2.63. The van der Waals surface area contributed by atoms with Crippen molar-refractivity contribution in [3.05, 3.63) is 64.7 Å². The Bertz CT molecular complexity index is 581. The molecule has 0 aliphatic rings. The number of carbonyl (C=O) groups excluding carboxylic acids is 1. The summed E-state index contributed by atoms with van der Waals surface area (Å²) >= 11 is 6.31. The van der Waals surface area contributed by atoms with Crippen LogP contribution < -0.4 is 4.90 Å². The summed E-state index contributed by atoms with van der Waals surface area (Å²) in [6.45, 7) is 4.92. The number of carbonyl (C=O) groups is 1. The molecular formula is C17H18ClNO. The van der Waals surface area contributed by atoms with Gasteiger partial charge in [0.15, 0.2) is 6.29 Å². The Morgan fingerprint density at radius 3 is 2.40 bits per heavy atom. The molecule has 0 aliphatic carbocycles. The monoisotopic (exact) mass is 287 g/mol. The van der Waals surface area contributed by atoms with Gasteiger partial charge in [0.1, 0.15) is 0 Å². The van der Waals surface area contributed by atoms with Gasteiger partial charge < -0.3 is 4.90 Å². The van der Waals surface area contributed by atoms with Crippen LogP contribution >= 0.6 is 11.6 Å². The highest BCUT2D eigenvalue weighted by atomic mass is 35.5. The molecule has 0 radical (unpaired) electrons. The smallest absolute Gasteiger partial charge is 0.152 e. The molecular weight excluding hydrogens is 270 g/mol. The van der Waals surface area contributed by atoms with E-state index in [-0.39, 0.29) is 6.04 Å². The van der Waals surface area contributed by atoms with Crippen molar-refractivity contribution in [2.45, 2.75) is 26.4 Å². The summed E-state index contributed by atoms with van der Waals surface area (Å²) in [7, 11) is 0. The van der Waals surface area contributed by atoms with Crippen molar-refractivity contribution in [1.29, 1.82) is 0 Å². The molecule has 2 aromatic rings. The zero-order chi connectivity index (χ0) is 14.5. The summed E-state index contributed by atoms with van der Waals surface area (Å²) in [6.07, 6.45) is 0.863. The molecule has 2 nitrogen and oxygen atoms in total. The standard InChI is InChI=1S/C17H18ClNO/c1-13(2)19(11-14-7-4-3-5-8-14)17-15(12-20)9-6-10-16(17)18/h3-10,12-13H,11H2,1-2H3. The number of halogens is 1. The largest absolute Gasteiger partial charge is 0.363 e. The average Bonchev–Trinajstić information content (AvgIpc) is 2.46. The number of anilines is 1. The molecule has 3 heteroatoms. The van der Waals surface area contributed by atoms with Crippen LogP contribution in [0.2, 0.25) is 5.02 Å². The van der Waals surface area contributed by atoms with E-state index in [9.17, 15) is 4.79 Å². The first kappa shape index (κ1) is 14.6.